The molecule has 2 aliphatic carbocycles. The van der Waals surface area contributed by atoms with Crippen molar-refractivity contribution in [2.24, 2.45) is 0 Å². The summed E-state index contributed by atoms with van der Waals surface area (Å²) >= 11 is 0. The second kappa shape index (κ2) is 9.77. The molecular weight excluding hydrogens is 492 g/mol. The number of hydrogen-bond donors (Lipinski definition) is 0. The van der Waals surface area contributed by atoms with Crippen molar-refractivity contribution in [3.63, 3.8) is 0 Å². The number of rotatable bonds is 4. The summed E-state index contributed by atoms with van der Waals surface area (Å²) in [6.07, 6.45) is 8.58. The maximum absolute atomic E-state index is 3.85. The van der Waals surface area contributed by atoms with Gasteiger partial charge in [-0.15, -0.1) is 0 Å². The van der Waals surface area contributed by atoms with Crippen molar-refractivity contribution in [2.45, 2.75) is 5.92 Å². The average molecular weight is 520 g/mol. The number of allylic oxidation sites excluding steroid dienone is 1. The molecule has 191 valence electrons. The molecule has 41 heavy (non-hydrogen) atoms. The summed E-state index contributed by atoms with van der Waals surface area (Å²) in [5.74, 6) is 0.114. The Labute approximate surface area is 240 Å². The lowest BCUT2D eigenvalue weighted by Gasteiger charge is -2.20. The van der Waals surface area contributed by atoms with Crippen molar-refractivity contribution in [3.05, 3.63) is 206 Å². The molecule has 0 bridgehead atoms. The summed E-state index contributed by atoms with van der Waals surface area (Å²) in [4.78, 5) is 0. The molecule has 6 aromatic rings. The Balaban J connectivity index is 1.49. The van der Waals surface area contributed by atoms with E-state index in [4.69, 9.17) is 0 Å². The van der Waals surface area contributed by atoms with Crippen LogP contribution in [0.15, 0.2) is 152 Å². The maximum Gasteiger partial charge on any atom is 0.0291 e. The molecule has 0 heteroatoms. The highest BCUT2D eigenvalue weighted by Crippen LogP contribution is 2.41. The number of benzene rings is 6. The monoisotopic (exact) mass is 519 g/mol. The van der Waals surface area contributed by atoms with Gasteiger partial charge in [-0.05, 0) is 77.0 Å². The van der Waals surface area contributed by atoms with Crippen LogP contribution in [0.3, 0.4) is 0 Å². The van der Waals surface area contributed by atoms with Gasteiger partial charge in [0.2, 0.25) is 0 Å². The molecule has 1 unspecified atom stereocenters. The van der Waals surface area contributed by atoms with Crippen LogP contribution in [0.2, 0.25) is 0 Å². The molecule has 6 aromatic carbocycles. The van der Waals surface area contributed by atoms with Crippen LogP contribution in [0.5, 0.6) is 0 Å². The fraction of sp³-hybridized carbons (Fsp3) is 0.0244. The number of hydrogen-bond acceptors (Lipinski definition) is 0. The molecule has 8 rings (SSSR count). The lowest BCUT2D eigenvalue weighted by molar-refractivity contribution is 1.03. The zero-order valence-corrected chi connectivity index (χ0v) is 22.6. The van der Waals surface area contributed by atoms with E-state index >= 15 is 0 Å². The van der Waals surface area contributed by atoms with Gasteiger partial charge in [0.15, 0.2) is 0 Å². The Hall–Kier alpha value is -5.20. The predicted molar refractivity (Wildman–Crippen MR) is 170 cm³/mol. The summed E-state index contributed by atoms with van der Waals surface area (Å²) in [5.41, 5.74) is 11.4. The Bertz CT molecular complexity index is 2130. The Kier molecular flexibility index (Phi) is 5.64. The summed E-state index contributed by atoms with van der Waals surface area (Å²) in [7, 11) is 0. The fourth-order valence-electron chi connectivity index (χ4n) is 6.63. The van der Waals surface area contributed by atoms with Gasteiger partial charge in [-0.2, -0.15) is 0 Å². The van der Waals surface area contributed by atoms with Crippen LogP contribution in [0.25, 0.3) is 28.9 Å². The third-order valence-corrected chi connectivity index (χ3v) is 8.44. The van der Waals surface area contributed by atoms with Gasteiger partial charge in [0.25, 0.3) is 0 Å². The highest BCUT2D eigenvalue weighted by molar-refractivity contribution is 5.84. The molecule has 0 nitrogen and oxygen atoms in total. The normalized spacial score (nSPS) is 14.2. The molecule has 0 saturated carbocycles. The third kappa shape index (κ3) is 3.91. The largest absolute Gasteiger partial charge is 0.0720 e. The minimum absolute atomic E-state index is 0.114. The van der Waals surface area contributed by atoms with E-state index in [0.717, 1.165) is 0 Å². The van der Waals surface area contributed by atoms with Crippen molar-refractivity contribution in [3.8, 4) is 11.1 Å². The van der Waals surface area contributed by atoms with Gasteiger partial charge in [-0.25, -0.2) is 0 Å². The predicted octanol–water partition coefficient (Wildman–Crippen LogP) is 8.07. The molecule has 0 aromatic heterocycles. The Morgan fingerprint density at radius 2 is 1.20 bits per heavy atom. The van der Waals surface area contributed by atoms with Crippen molar-refractivity contribution < 1.29 is 0 Å². The van der Waals surface area contributed by atoms with Crippen molar-refractivity contribution in [1.82, 2.24) is 0 Å². The zero-order chi connectivity index (χ0) is 27.2. The Morgan fingerprint density at radius 1 is 0.537 bits per heavy atom. The topological polar surface area (TPSA) is 0 Å². The van der Waals surface area contributed by atoms with Gasteiger partial charge in [-0.3, -0.25) is 0 Å². The van der Waals surface area contributed by atoms with Crippen LogP contribution >= 0.6 is 0 Å². The zero-order valence-electron chi connectivity index (χ0n) is 22.6. The van der Waals surface area contributed by atoms with E-state index in [9.17, 15) is 0 Å². The van der Waals surface area contributed by atoms with Gasteiger partial charge < -0.3 is 0 Å². The standard InChI is InChI=1S/C41H27/c1-4-13-28(14-5-1)32-21-12-22-34-35(32)23-25-37(34)41-38(26-24-36-33-20-11-10-19-31(33)27-39(36)41)40(29-15-6-2-7-16-29)30-17-8-3-9-18-30/h1-26,37H. The molecule has 0 spiro atoms. The van der Waals surface area contributed by atoms with Gasteiger partial charge in [0.05, 0.1) is 0 Å². The van der Waals surface area contributed by atoms with Crippen molar-refractivity contribution in [2.75, 3.05) is 0 Å². The SMILES string of the molecule is [C]1=c2ccccc2=c2ccc(=C(c3ccccc3)c3ccccc3)c(C3C=Cc4c(-c5ccccc5)cccc43)c21. The van der Waals surface area contributed by atoms with Crippen molar-refractivity contribution >= 4 is 17.7 Å². The first-order valence-electron chi connectivity index (χ1n) is 14.2. The first kappa shape index (κ1) is 23.7. The quantitative estimate of drug-likeness (QED) is 0.221. The molecule has 0 heterocycles. The fourth-order valence-corrected chi connectivity index (χ4v) is 6.63. The molecule has 0 N–H and O–H groups in total. The smallest absolute Gasteiger partial charge is 0.0291 e. The Morgan fingerprint density at radius 3 is 1.93 bits per heavy atom. The van der Waals surface area contributed by atoms with Crippen LogP contribution < -0.4 is 10.4 Å². The van der Waals surface area contributed by atoms with E-state index in [-0.39, 0.29) is 5.92 Å². The number of fused-ring (bicyclic) bond motifs is 3. The summed E-state index contributed by atoms with van der Waals surface area (Å²) in [6, 6.07) is 52.4. The lowest BCUT2D eigenvalue weighted by atomic mass is 9.83. The highest BCUT2D eigenvalue weighted by atomic mass is 14.3. The van der Waals surface area contributed by atoms with Crippen LogP contribution in [0.4, 0.5) is 0 Å². The van der Waals surface area contributed by atoms with E-state index < -0.39 is 0 Å². The third-order valence-electron chi connectivity index (χ3n) is 8.44. The molecule has 2 aliphatic rings. The van der Waals surface area contributed by atoms with Gasteiger partial charge in [0, 0.05) is 5.92 Å². The van der Waals surface area contributed by atoms with Crippen LogP contribution in [0.1, 0.15) is 39.3 Å². The van der Waals surface area contributed by atoms with Crippen molar-refractivity contribution in [1.29, 1.82) is 0 Å². The minimum atomic E-state index is 0.114. The van der Waals surface area contributed by atoms with Gasteiger partial charge in [-0.1, -0.05) is 158 Å². The lowest BCUT2D eigenvalue weighted by Crippen LogP contribution is -2.19. The van der Waals surface area contributed by atoms with Gasteiger partial charge in [0.1, 0.15) is 0 Å². The van der Waals surface area contributed by atoms with E-state index in [2.05, 4.69) is 164 Å². The molecule has 1 atom stereocenters. The molecule has 0 amide bonds. The van der Waals surface area contributed by atoms with E-state index in [1.807, 2.05) is 0 Å². The molecule has 0 saturated heterocycles. The second-order valence-corrected chi connectivity index (χ2v) is 10.7. The molecule has 1 radical (unpaired) electrons. The molecule has 0 fully saturated rings. The van der Waals surface area contributed by atoms with E-state index in [1.54, 1.807) is 0 Å². The average Bonchev–Trinajstić information content (AvgIpc) is 3.64. The first-order chi connectivity index (χ1) is 20.4. The highest BCUT2D eigenvalue weighted by Gasteiger charge is 2.26. The summed E-state index contributed by atoms with van der Waals surface area (Å²) in [6.45, 7) is 0. The molecular formula is C41H27. The minimum Gasteiger partial charge on any atom is -0.0720 e. The summed E-state index contributed by atoms with van der Waals surface area (Å²) in [5, 5.41) is 4.95. The van der Waals surface area contributed by atoms with E-state index in [1.165, 1.54) is 71.0 Å². The van der Waals surface area contributed by atoms with Crippen LogP contribution in [-0.2, 0) is 0 Å². The van der Waals surface area contributed by atoms with Crippen LogP contribution in [0, 0.1) is 10.4 Å². The first-order valence-corrected chi connectivity index (χ1v) is 14.2. The van der Waals surface area contributed by atoms with Gasteiger partial charge >= 0.3 is 0 Å². The summed E-state index contributed by atoms with van der Waals surface area (Å²) < 4.78 is 0. The maximum atomic E-state index is 3.85. The second-order valence-electron chi connectivity index (χ2n) is 10.7. The molecule has 0 aliphatic heterocycles. The van der Waals surface area contributed by atoms with Crippen LogP contribution in [-0.4, -0.2) is 0 Å². The van der Waals surface area contributed by atoms with E-state index in [0.29, 0.717) is 0 Å².